The van der Waals surface area contributed by atoms with E-state index in [-0.39, 0.29) is 11.8 Å². The Morgan fingerprint density at radius 2 is 0.962 bits per heavy atom. The van der Waals surface area contributed by atoms with Crippen LogP contribution in [0.4, 0.5) is 0 Å². The van der Waals surface area contributed by atoms with E-state index in [0.717, 1.165) is 24.9 Å². The first-order valence-electron chi connectivity index (χ1n) is 10.3. The van der Waals surface area contributed by atoms with Crippen molar-refractivity contribution in [3.05, 3.63) is 0 Å². The van der Waals surface area contributed by atoms with Crippen molar-refractivity contribution in [3.63, 3.8) is 0 Å². The minimum Gasteiger partial charge on any atom is -0.395 e. The summed E-state index contributed by atoms with van der Waals surface area (Å²) in [7, 11) is -4.30. The Kier molecular flexibility index (Phi) is 13.1. The van der Waals surface area contributed by atoms with Crippen molar-refractivity contribution in [2.24, 2.45) is 11.8 Å². The van der Waals surface area contributed by atoms with Gasteiger partial charge in [0.05, 0.1) is 0 Å². The molecule has 0 aliphatic heterocycles. The fraction of sp³-hybridized carbons (Fsp3) is 0.947. The van der Waals surface area contributed by atoms with E-state index in [1.807, 2.05) is 41.5 Å². The molecule has 0 fully saturated rings. The fourth-order valence-corrected chi connectivity index (χ4v) is 8.42. The van der Waals surface area contributed by atoms with Crippen molar-refractivity contribution < 1.29 is 22.5 Å². The Hall–Kier alpha value is -0.0562. The Labute approximate surface area is 163 Å². The summed E-state index contributed by atoms with van der Waals surface area (Å²) >= 11 is 0. The van der Waals surface area contributed by atoms with Crippen molar-refractivity contribution in [1.82, 2.24) is 0 Å². The van der Waals surface area contributed by atoms with Crippen LogP contribution in [0.15, 0.2) is 0 Å². The number of Topliss-reactive ketones (excluding diaryl/α,β-unsaturated/α-hetero) is 1. The molecule has 5 nitrogen and oxygen atoms in total. The molecule has 0 aromatic carbocycles. The van der Waals surface area contributed by atoms with Crippen LogP contribution in [-0.4, -0.2) is 49.3 Å². The first-order chi connectivity index (χ1) is 12.2. The Morgan fingerprint density at radius 3 is 1.19 bits per heavy atom. The van der Waals surface area contributed by atoms with Crippen molar-refractivity contribution in [3.8, 4) is 0 Å². The van der Waals surface area contributed by atoms with Crippen molar-refractivity contribution >= 4 is 22.9 Å². The summed E-state index contributed by atoms with van der Waals surface area (Å²) in [4.78, 5) is 12.8. The van der Waals surface area contributed by atoms with Gasteiger partial charge in [-0.1, -0.05) is 13.8 Å². The van der Waals surface area contributed by atoms with Crippen LogP contribution in [0.1, 0.15) is 54.4 Å². The topological polar surface area (TPSA) is 54.0 Å². The monoisotopic (exact) mass is 406 g/mol. The predicted molar refractivity (Wildman–Crippen MR) is 112 cm³/mol. The Morgan fingerprint density at radius 1 is 0.692 bits per heavy atom. The van der Waals surface area contributed by atoms with E-state index in [4.69, 9.17) is 17.7 Å². The van der Waals surface area contributed by atoms with Crippen LogP contribution in [-0.2, 0) is 22.5 Å². The number of ketones is 1. The van der Waals surface area contributed by atoms with E-state index in [0.29, 0.717) is 32.2 Å². The van der Waals surface area contributed by atoms with Gasteiger partial charge in [0, 0.05) is 38.3 Å². The highest BCUT2D eigenvalue weighted by atomic mass is 28.4. The van der Waals surface area contributed by atoms with E-state index >= 15 is 0 Å². The maximum atomic E-state index is 12.8. The summed E-state index contributed by atoms with van der Waals surface area (Å²) in [5.74, 6) is 0.397. The highest BCUT2D eigenvalue weighted by molar-refractivity contribution is 6.66. The van der Waals surface area contributed by atoms with E-state index in [9.17, 15) is 4.79 Å². The normalized spacial score (nSPS) is 15.1. The molecule has 0 aliphatic rings. The van der Waals surface area contributed by atoms with E-state index in [1.54, 1.807) is 0 Å². The van der Waals surface area contributed by atoms with Crippen molar-refractivity contribution in [1.29, 1.82) is 0 Å². The fourth-order valence-electron chi connectivity index (χ4n) is 3.32. The molecule has 0 spiro atoms. The number of rotatable bonds is 16. The molecule has 0 bridgehead atoms. The molecule has 0 heterocycles. The van der Waals surface area contributed by atoms with Gasteiger partial charge in [-0.15, -0.1) is 0 Å². The minimum atomic E-state index is -2.15. The highest BCUT2D eigenvalue weighted by Crippen LogP contribution is 2.25. The molecule has 156 valence electrons. The number of hydrogen-bond donors (Lipinski definition) is 0. The van der Waals surface area contributed by atoms with Crippen LogP contribution in [0.25, 0.3) is 0 Å². The largest absolute Gasteiger partial charge is 0.395 e. The summed E-state index contributed by atoms with van der Waals surface area (Å²) in [5, 5.41) is 0. The molecule has 0 aromatic rings. The molecule has 0 aliphatic carbocycles. The molecule has 0 amide bonds. The second-order valence-electron chi connectivity index (χ2n) is 7.28. The Bertz CT molecular complexity index is 346. The van der Waals surface area contributed by atoms with Crippen LogP contribution in [0.2, 0.25) is 25.2 Å². The van der Waals surface area contributed by atoms with Crippen LogP contribution < -0.4 is 0 Å². The van der Waals surface area contributed by atoms with Crippen LogP contribution in [0.3, 0.4) is 0 Å². The summed E-state index contributed by atoms with van der Waals surface area (Å²) < 4.78 is 23.5. The standard InChI is InChI=1S/C19H42O5Si2/c1-9-21-25(7,22-10-2)15-13-17(5)19(20)18(6)14-16-26(8,23-11-3)24-12-4/h17-18H,9-16H2,1-8H3. The van der Waals surface area contributed by atoms with Gasteiger partial charge in [-0.05, 0) is 65.7 Å². The third-order valence-corrected chi connectivity index (χ3v) is 10.8. The van der Waals surface area contributed by atoms with Crippen LogP contribution in [0, 0.1) is 11.8 Å². The van der Waals surface area contributed by atoms with Gasteiger partial charge in [0.25, 0.3) is 0 Å². The lowest BCUT2D eigenvalue weighted by molar-refractivity contribution is -0.126. The van der Waals surface area contributed by atoms with Gasteiger partial charge in [-0.3, -0.25) is 4.79 Å². The van der Waals surface area contributed by atoms with Gasteiger partial charge >= 0.3 is 17.1 Å². The number of carbonyl (C=O) groups excluding carboxylic acids is 1. The minimum absolute atomic E-state index is 0.0323. The molecule has 0 rings (SSSR count). The number of hydrogen-bond acceptors (Lipinski definition) is 5. The van der Waals surface area contributed by atoms with E-state index in [2.05, 4.69) is 13.1 Å². The van der Waals surface area contributed by atoms with Crippen molar-refractivity contribution in [2.45, 2.75) is 79.6 Å². The summed E-state index contributed by atoms with van der Waals surface area (Å²) in [6.45, 7) is 18.9. The third-order valence-electron chi connectivity index (χ3n) is 4.83. The molecular formula is C19H42O5Si2. The molecule has 2 unspecified atom stereocenters. The predicted octanol–water partition coefficient (Wildman–Crippen LogP) is 4.90. The van der Waals surface area contributed by atoms with Gasteiger partial charge in [-0.25, -0.2) is 0 Å². The first-order valence-corrected chi connectivity index (χ1v) is 15.3. The average Bonchev–Trinajstić information content (AvgIpc) is 2.58. The maximum absolute atomic E-state index is 12.8. The van der Waals surface area contributed by atoms with Gasteiger partial charge in [0.2, 0.25) is 0 Å². The zero-order chi connectivity index (χ0) is 20.2. The van der Waals surface area contributed by atoms with Gasteiger partial charge in [0.1, 0.15) is 5.78 Å². The SMILES string of the molecule is CCO[Si](C)(CCC(C)C(=O)C(C)CC[Si](C)(OCC)OCC)OCC. The molecular weight excluding hydrogens is 364 g/mol. The van der Waals surface area contributed by atoms with Crippen LogP contribution >= 0.6 is 0 Å². The molecule has 26 heavy (non-hydrogen) atoms. The average molecular weight is 407 g/mol. The van der Waals surface area contributed by atoms with E-state index < -0.39 is 17.1 Å². The lowest BCUT2D eigenvalue weighted by Crippen LogP contribution is -2.40. The third kappa shape index (κ3) is 9.76. The smallest absolute Gasteiger partial charge is 0.334 e. The molecule has 0 N–H and O–H groups in total. The van der Waals surface area contributed by atoms with Gasteiger partial charge in [-0.2, -0.15) is 0 Å². The second kappa shape index (κ2) is 13.2. The quantitative estimate of drug-likeness (QED) is 0.341. The van der Waals surface area contributed by atoms with Crippen molar-refractivity contribution in [2.75, 3.05) is 26.4 Å². The van der Waals surface area contributed by atoms with E-state index in [1.165, 1.54) is 0 Å². The second-order valence-corrected chi connectivity index (χ2v) is 14.0. The zero-order valence-corrected chi connectivity index (χ0v) is 20.4. The number of carbonyl (C=O) groups is 1. The molecule has 7 heteroatoms. The maximum Gasteiger partial charge on any atom is 0.334 e. The Balaban J connectivity index is 4.57. The molecule has 2 atom stereocenters. The van der Waals surface area contributed by atoms with Crippen LogP contribution in [0.5, 0.6) is 0 Å². The lowest BCUT2D eigenvalue weighted by atomic mass is 9.92. The summed E-state index contributed by atoms with van der Waals surface area (Å²) in [6, 6.07) is 1.72. The molecule has 0 radical (unpaired) electrons. The molecule has 0 aromatic heterocycles. The molecule has 0 saturated heterocycles. The first kappa shape index (κ1) is 25.9. The van der Waals surface area contributed by atoms with Gasteiger partial charge in [0.15, 0.2) is 0 Å². The highest BCUT2D eigenvalue weighted by Gasteiger charge is 2.34. The van der Waals surface area contributed by atoms with Gasteiger partial charge < -0.3 is 17.7 Å². The lowest BCUT2D eigenvalue weighted by Gasteiger charge is -2.28. The zero-order valence-electron chi connectivity index (χ0n) is 18.4. The summed E-state index contributed by atoms with van der Waals surface area (Å²) in [5.41, 5.74) is 0. The molecule has 0 saturated carbocycles. The summed E-state index contributed by atoms with van der Waals surface area (Å²) in [6.07, 6.45) is 1.66.